The Bertz CT molecular complexity index is 1130. The van der Waals surface area contributed by atoms with Crippen LogP contribution in [0.4, 0.5) is 0 Å². The Labute approximate surface area is 194 Å². The Morgan fingerprint density at radius 1 is 1.06 bits per heavy atom. The smallest absolute Gasteiger partial charge is 0.253 e. The zero-order valence-electron chi connectivity index (χ0n) is 19.4. The number of hydrogen-bond donors (Lipinski definition) is 2. The second kappa shape index (κ2) is 9.61. The molecule has 0 atom stereocenters. The van der Waals surface area contributed by atoms with E-state index in [4.69, 9.17) is 9.97 Å². The number of aryl methyl sites for hydroxylation is 3. The van der Waals surface area contributed by atoms with Crippen LogP contribution in [-0.4, -0.2) is 49.6 Å². The first-order chi connectivity index (χ1) is 16.1. The second-order valence-electron chi connectivity index (χ2n) is 9.48. The number of carbonyl (C=O) groups excluding carboxylic acids is 1. The molecule has 0 spiro atoms. The fourth-order valence-corrected chi connectivity index (χ4v) is 4.96. The number of fused-ring (bicyclic) bond motifs is 3. The van der Waals surface area contributed by atoms with Crippen LogP contribution in [0.1, 0.15) is 65.1 Å². The van der Waals surface area contributed by atoms with Gasteiger partial charge in [0.2, 0.25) is 0 Å². The van der Waals surface area contributed by atoms with E-state index in [0.717, 1.165) is 86.5 Å². The normalized spacial score (nSPS) is 17.6. The molecule has 2 N–H and O–H groups in total. The number of hydrogen-bond acceptors (Lipinski definition) is 5. The molecular formula is C26H33N5O2. The third kappa shape index (κ3) is 4.94. The molecule has 0 radical (unpaired) electrons. The topological polar surface area (TPSA) is 83.3 Å². The van der Waals surface area contributed by atoms with E-state index in [2.05, 4.69) is 39.0 Å². The van der Waals surface area contributed by atoms with Crippen molar-refractivity contribution in [1.82, 2.24) is 24.8 Å². The van der Waals surface area contributed by atoms with Crippen molar-refractivity contribution in [2.45, 2.75) is 71.2 Å². The van der Waals surface area contributed by atoms with Crippen molar-refractivity contribution in [1.29, 1.82) is 0 Å². The molecule has 1 fully saturated rings. The minimum absolute atomic E-state index is 0.102. The van der Waals surface area contributed by atoms with E-state index in [1.165, 1.54) is 12.0 Å². The van der Waals surface area contributed by atoms with Gasteiger partial charge in [0.25, 0.3) is 5.91 Å². The van der Waals surface area contributed by atoms with Gasteiger partial charge < -0.3 is 15.0 Å². The van der Waals surface area contributed by atoms with Crippen molar-refractivity contribution in [2.75, 3.05) is 13.1 Å². The maximum absolute atomic E-state index is 13.1. The third-order valence-corrected chi connectivity index (χ3v) is 6.88. The number of nitrogens with one attached hydrogen (secondary N) is 1. The Morgan fingerprint density at radius 2 is 1.82 bits per heavy atom. The first-order valence-electron chi connectivity index (χ1n) is 12.2. The lowest BCUT2D eigenvalue weighted by Crippen LogP contribution is -2.35. The molecule has 3 aromatic rings. The number of aliphatic hydroxyl groups excluding tert-OH is 1. The second-order valence-corrected chi connectivity index (χ2v) is 9.48. The fraction of sp³-hybridized carbons (Fsp3) is 0.500. The molecule has 5 rings (SSSR count). The standard InChI is InChI=1S/C26H33N5O2/c1-18-15-22(24-25(28-18)31-12-4-2-3-5-23(31)29-24)26(33)27-16-19-6-8-20(9-7-19)17-30-13-10-21(32)11-14-30/h6-9,15,21,32H,2-5,10-14,16-17H2,1H3,(H,27,33). The van der Waals surface area contributed by atoms with E-state index < -0.39 is 0 Å². The van der Waals surface area contributed by atoms with Crippen LogP contribution in [0.25, 0.3) is 11.2 Å². The van der Waals surface area contributed by atoms with Crippen LogP contribution in [0.5, 0.6) is 0 Å². The molecule has 1 amide bonds. The first-order valence-corrected chi connectivity index (χ1v) is 12.2. The summed E-state index contributed by atoms with van der Waals surface area (Å²) < 4.78 is 2.20. The van der Waals surface area contributed by atoms with Gasteiger partial charge in [-0.2, -0.15) is 0 Å². The van der Waals surface area contributed by atoms with Crippen molar-refractivity contribution < 1.29 is 9.90 Å². The molecule has 1 saturated heterocycles. The fourth-order valence-electron chi connectivity index (χ4n) is 4.96. The van der Waals surface area contributed by atoms with E-state index >= 15 is 0 Å². The molecule has 33 heavy (non-hydrogen) atoms. The van der Waals surface area contributed by atoms with Crippen LogP contribution in [0.2, 0.25) is 0 Å². The van der Waals surface area contributed by atoms with Crippen molar-refractivity contribution in [3.05, 3.63) is 58.5 Å². The zero-order chi connectivity index (χ0) is 22.8. The van der Waals surface area contributed by atoms with Crippen LogP contribution < -0.4 is 5.32 Å². The molecule has 2 aliphatic rings. The summed E-state index contributed by atoms with van der Waals surface area (Å²) in [4.78, 5) is 25.0. The van der Waals surface area contributed by atoms with Gasteiger partial charge in [0.05, 0.1) is 11.7 Å². The highest BCUT2D eigenvalue weighted by atomic mass is 16.3. The lowest BCUT2D eigenvalue weighted by Gasteiger charge is -2.29. The summed E-state index contributed by atoms with van der Waals surface area (Å²) in [7, 11) is 0. The van der Waals surface area contributed by atoms with Gasteiger partial charge in [-0.3, -0.25) is 9.69 Å². The molecular weight excluding hydrogens is 414 g/mol. The van der Waals surface area contributed by atoms with Crippen molar-refractivity contribution >= 4 is 17.1 Å². The average molecular weight is 448 g/mol. The molecule has 0 unspecified atom stereocenters. The average Bonchev–Trinajstić information content (AvgIpc) is 3.00. The van der Waals surface area contributed by atoms with Gasteiger partial charge >= 0.3 is 0 Å². The van der Waals surface area contributed by atoms with Crippen LogP contribution in [0.3, 0.4) is 0 Å². The molecule has 0 saturated carbocycles. The zero-order valence-corrected chi connectivity index (χ0v) is 19.4. The summed E-state index contributed by atoms with van der Waals surface area (Å²) in [6, 6.07) is 10.3. The van der Waals surface area contributed by atoms with Crippen LogP contribution >= 0.6 is 0 Å². The minimum atomic E-state index is -0.144. The quantitative estimate of drug-likeness (QED) is 0.627. The highest BCUT2D eigenvalue weighted by Crippen LogP contribution is 2.24. The number of piperidine rings is 1. The van der Waals surface area contributed by atoms with Crippen molar-refractivity contribution in [2.24, 2.45) is 0 Å². The molecule has 0 aliphatic carbocycles. The van der Waals surface area contributed by atoms with Crippen LogP contribution in [0, 0.1) is 6.92 Å². The summed E-state index contributed by atoms with van der Waals surface area (Å²) in [5, 5.41) is 12.8. The number of nitrogens with zero attached hydrogens (tertiary/aromatic N) is 4. The molecule has 7 heteroatoms. The number of pyridine rings is 1. The number of carbonyl (C=O) groups is 1. The Kier molecular flexibility index (Phi) is 6.42. The van der Waals surface area contributed by atoms with E-state index in [0.29, 0.717) is 12.1 Å². The van der Waals surface area contributed by atoms with Crippen molar-refractivity contribution in [3.8, 4) is 0 Å². The number of aromatic nitrogens is 3. The summed E-state index contributed by atoms with van der Waals surface area (Å²) >= 11 is 0. The van der Waals surface area contributed by atoms with Crippen LogP contribution in [0.15, 0.2) is 30.3 Å². The van der Waals surface area contributed by atoms with E-state index in [1.54, 1.807) is 0 Å². The number of rotatable bonds is 5. The predicted molar refractivity (Wildman–Crippen MR) is 128 cm³/mol. The molecule has 1 aromatic carbocycles. The lowest BCUT2D eigenvalue weighted by atomic mass is 10.1. The summed E-state index contributed by atoms with van der Waals surface area (Å²) in [5.74, 6) is 0.947. The van der Waals surface area contributed by atoms with Gasteiger partial charge in [0, 0.05) is 44.8 Å². The maximum Gasteiger partial charge on any atom is 0.253 e. The number of benzene rings is 1. The largest absolute Gasteiger partial charge is 0.393 e. The number of amides is 1. The summed E-state index contributed by atoms with van der Waals surface area (Å²) in [5.41, 5.74) is 5.34. The number of aliphatic hydroxyl groups is 1. The number of imidazole rings is 1. The van der Waals surface area contributed by atoms with E-state index in [-0.39, 0.29) is 12.0 Å². The molecule has 2 aromatic heterocycles. The van der Waals surface area contributed by atoms with E-state index in [1.807, 2.05) is 13.0 Å². The monoisotopic (exact) mass is 447 g/mol. The molecule has 2 aliphatic heterocycles. The van der Waals surface area contributed by atoms with Gasteiger partial charge in [-0.05, 0) is 49.8 Å². The first kappa shape index (κ1) is 22.0. The maximum atomic E-state index is 13.1. The number of likely N-dealkylation sites (tertiary alicyclic amines) is 1. The summed E-state index contributed by atoms with van der Waals surface area (Å²) in [6.07, 6.45) is 5.99. The van der Waals surface area contributed by atoms with Gasteiger partial charge in [-0.25, -0.2) is 9.97 Å². The van der Waals surface area contributed by atoms with Gasteiger partial charge in [-0.1, -0.05) is 30.7 Å². The predicted octanol–water partition coefficient (Wildman–Crippen LogP) is 3.35. The summed E-state index contributed by atoms with van der Waals surface area (Å²) in [6.45, 7) is 6.12. The van der Waals surface area contributed by atoms with Crippen LogP contribution in [-0.2, 0) is 26.1 Å². The Balaban J connectivity index is 1.25. The Morgan fingerprint density at radius 3 is 2.61 bits per heavy atom. The molecule has 4 heterocycles. The SMILES string of the molecule is Cc1cc(C(=O)NCc2ccc(CN3CCC(O)CC3)cc2)c2nc3n(c2n1)CCCCC3. The molecule has 0 bridgehead atoms. The highest BCUT2D eigenvalue weighted by Gasteiger charge is 2.21. The highest BCUT2D eigenvalue weighted by molar-refractivity contribution is 6.04. The third-order valence-electron chi connectivity index (χ3n) is 6.88. The minimum Gasteiger partial charge on any atom is -0.393 e. The van der Waals surface area contributed by atoms with Gasteiger partial charge in [0.1, 0.15) is 11.3 Å². The van der Waals surface area contributed by atoms with Gasteiger partial charge in [0.15, 0.2) is 5.65 Å². The van der Waals surface area contributed by atoms with Crippen molar-refractivity contribution in [3.63, 3.8) is 0 Å². The lowest BCUT2D eigenvalue weighted by molar-refractivity contribution is 0.0792. The van der Waals surface area contributed by atoms with E-state index in [9.17, 15) is 9.90 Å². The molecule has 7 nitrogen and oxygen atoms in total. The molecule has 174 valence electrons. The van der Waals surface area contributed by atoms with Gasteiger partial charge in [-0.15, -0.1) is 0 Å². The Hall–Kier alpha value is -2.77.